The average Bonchev–Trinajstić information content (AvgIpc) is 3.09. The summed E-state index contributed by atoms with van der Waals surface area (Å²) in [4.78, 5) is 20.0. The number of benzene rings is 1. The van der Waals surface area contributed by atoms with Crippen LogP contribution in [-0.2, 0) is 6.54 Å². The Morgan fingerprint density at radius 3 is 2.71 bits per heavy atom. The van der Waals surface area contributed by atoms with Crippen LogP contribution in [0.25, 0.3) is 11.2 Å². The van der Waals surface area contributed by atoms with Crippen molar-refractivity contribution in [2.75, 3.05) is 17.2 Å². The lowest BCUT2D eigenvalue weighted by Crippen LogP contribution is -2.24. The topological polar surface area (TPSA) is 138 Å². The van der Waals surface area contributed by atoms with Gasteiger partial charge < -0.3 is 20.8 Å². The van der Waals surface area contributed by atoms with Gasteiger partial charge in [-0.2, -0.15) is 9.97 Å². The summed E-state index contributed by atoms with van der Waals surface area (Å²) in [5, 5.41) is 33.0. The Morgan fingerprint density at radius 1 is 1.32 bits per heavy atom. The summed E-state index contributed by atoms with van der Waals surface area (Å²) in [6.45, 7) is 4.37. The lowest BCUT2D eigenvalue weighted by Gasteiger charge is -2.15. The molecule has 0 aliphatic carbocycles. The number of fused-ring (bicyclic) bond motifs is 1. The van der Waals surface area contributed by atoms with Gasteiger partial charge in [-0.3, -0.25) is 0 Å². The van der Waals surface area contributed by atoms with E-state index in [4.69, 9.17) is 16.7 Å². The number of aliphatic hydroxyl groups excluding tert-OH is 1. The Hall–Kier alpha value is -2.98. The number of hydrogen-bond donors (Lipinski definition) is 4. The Bertz CT molecular complexity index is 1000. The van der Waals surface area contributed by atoms with Gasteiger partial charge in [0.1, 0.15) is 0 Å². The van der Waals surface area contributed by atoms with Crippen LogP contribution in [0.15, 0.2) is 18.2 Å². The summed E-state index contributed by atoms with van der Waals surface area (Å²) >= 11 is 6.05. The lowest BCUT2D eigenvalue weighted by atomic mass is 10.2. The second kappa shape index (κ2) is 8.36. The Labute approximate surface area is 165 Å². The number of aromatic carboxylic acids is 1. The monoisotopic (exact) mass is 405 g/mol. The van der Waals surface area contributed by atoms with Crippen LogP contribution in [0.2, 0.25) is 5.02 Å². The molecule has 0 aliphatic rings. The largest absolute Gasteiger partial charge is 0.478 e. The number of aromatic nitrogens is 5. The molecule has 0 aliphatic heterocycles. The van der Waals surface area contributed by atoms with E-state index in [1.54, 1.807) is 10.7 Å². The third-order valence-electron chi connectivity index (χ3n) is 4.17. The molecule has 4 N–H and O–H groups in total. The van der Waals surface area contributed by atoms with E-state index in [1.165, 1.54) is 12.1 Å². The summed E-state index contributed by atoms with van der Waals surface area (Å²) in [6.07, 6.45) is 0.693. The highest BCUT2D eigenvalue weighted by atomic mass is 35.5. The van der Waals surface area contributed by atoms with Crippen molar-refractivity contribution in [2.45, 2.75) is 32.9 Å². The summed E-state index contributed by atoms with van der Waals surface area (Å²) in [5.74, 6) is -0.395. The van der Waals surface area contributed by atoms with Crippen LogP contribution in [-0.4, -0.2) is 53.8 Å². The van der Waals surface area contributed by atoms with Crippen molar-refractivity contribution in [2.24, 2.45) is 0 Å². The Kier molecular flexibility index (Phi) is 5.90. The quantitative estimate of drug-likeness (QED) is 0.445. The van der Waals surface area contributed by atoms with E-state index in [0.717, 1.165) is 0 Å². The normalized spacial score (nSPS) is 12.1. The van der Waals surface area contributed by atoms with E-state index in [2.05, 4.69) is 30.9 Å². The molecule has 3 rings (SSSR count). The molecule has 0 saturated carbocycles. The number of rotatable bonds is 8. The van der Waals surface area contributed by atoms with Crippen molar-refractivity contribution in [1.29, 1.82) is 0 Å². The van der Waals surface area contributed by atoms with Gasteiger partial charge in [0, 0.05) is 12.2 Å². The summed E-state index contributed by atoms with van der Waals surface area (Å²) in [6, 6.07) is 4.30. The molecule has 1 unspecified atom stereocenters. The van der Waals surface area contributed by atoms with Crippen LogP contribution in [0.1, 0.15) is 30.6 Å². The second-order valence-corrected chi connectivity index (χ2v) is 6.44. The number of hydrogen-bond acceptors (Lipinski definition) is 8. The molecular formula is C17H20ClN7O3. The number of anilines is 3. The standard InChI is InChI=1S/C17H20ClN7O3/c1-3-9(8-26)20-17-21-14(13-15(22-17)25(4-2)24-23-13)19-10-5-6-11(16(27)28)12(18)7-10/h5-7,9,26H,3-4,8H2,1-2H3,(H,27,28)(H2,19,20,21,22). The fourth-order valence-electron chi connectivity index (χ4n) is 2.58. The Balaban J connectivity index is 2.02. The van der Waals surface area contributed by atoms with Crippen LogP contribution in [0.3, 0.4) is 0 Å². The van der Waals surface area contributed by atoms with Crippen LogP contribution in [0, 0.1) is 0 Å². The van der Waals surface area contributed by atoms with Gasteiger partial charge >= 0.3 is 5.97 Å². The maximum atomic E-state index is 11.1. The molecule has 0 saturated heterocycles. The Morgan fingerprint density at radius 2 is 2.11 bits per heavy atom. The highest BCUT2D eigenvalue weighted by Crippen LogP contribution is 2.27. The summed E-state index contributed by atoms with van der Waals surface area (Å²) in [5.41, 5.74) is 1.54. The van der Waals surface area contributed by atoms with E-state index >= 15 is 0 Å². The van der Waals surface area contributed by atoms with Crippen LogP contribution < -0.4 is 10.6 Å². The molecule has 3 aromatic rings. The lowest BCUT2D eigenvalue weighted by molar-refractivity contribution is 0.0697. The van der Waals surface area contributed by atoms with Crippen molar-refractivity contribution in [3.63, 3.8) is 0 Å². The van der Waals surface area contributed by atoms with Gasteiger partial charge in [-0.15, -0.1) is 5.10 Å². The maximum Gasteiger partial charge on any atom is 0.337 e. The highest BCUT2D eigenvalue weighted by molar-refractivity contribution is 6.33. The van der Waals surface area contributed by atoms with Gasteiger partial charge in [-0.25, -0.2) is 9.48 Å². The maximum absolute atomic E-state index is 11.1. The first-order valence-corrected chi connectivity index (χ1v) is 9.13. The van der Waals surface area contributed by atoms with E-state index in [0.29, 0.717) is 41.6 Å². The van der Waals surface area contributed by atoms with Crippen LogP contribution >= 0.6 is 11.6 Å². The molecule has 148 valence electrons. The molecule has 1 atom stereocenters. The molecule has 11 heteroatoms. The van der Waals surface area contributed by atoms with Crippen LogP contribution in [0.5, 0.6) is 0 Å². The number of nitrogens with zero attached hydrogens (tertiary/aromatic N) is 5. The number of halogens is 1. The molecule has 1 aromatic carbocycles. The van der Waals surface area contributed by atoms with E-state index in [9.17, 15) is 9.90 Å². The number of aryl methyl sites for hydroxylation is 1. The number of nitrogens with one attached hydrogen (secondary N) is 2. The first kappa shape index (κ1) is 19.8. The van der Waals surface area contributed by atoms with Crippen molar-refractivity contribution in [1.82, 2.24) is 25.0 Å². The molecule has 0 bridgehead atoms. The van der Waals surface area contributed by atoms with Crippen molar-refractivity contribution >= 4 is 46.2 Å². The first-order chi connectivity index (χ1) is 13.5. The zero-order valence-corrected chi connectivity index (χ0v) is 16.1. The smallest absolute Gasteiger partial charge is 0.337 e. The third kappa shape index (κ3) is 3.97. The molecule has 0 amide bonds. The molecule has 28 heavy (non-hydrogen) atoms. The third-order valence-corrected chi connectivity index (χ3v) is 4.48. The van der Waals surface area contributed by atoms with E-state index in [-0.39, 0.29) is 23.2 Å². The van der Waals surface area contributed by atoms with Crippen molar-refractivity contribution in [3.05, 3.63) is 28.8 Å². The highest BCUT2D eigenvalue weighted by Gasteiger charge is 2.17. The fraction of sp³-hybridized carbons (Fsp3) is 0.353. The van der Waals surface area contributed by atoms with Crippen LogP contribution in [0.4, 0.5) is 17.5 Å². The van der Waals surface area contributed by atoms with Gasteiger partial charge in [0.2, 0.25) is 5.95 Å². The van der Waals surface area contributed by atoms with Gasteiger partial charge in [0.25, 0.3) is 0 Å². The van der Waals surface area contributed by atoms with Crippen molar-refractivity contribution in [3.8, 4) is 0 Å². The minimum Gasteiger partial charge on any atom is -0.478 e. The number of carboxylic acid groups (broad SMARTS) is 1. The van der Waals surface area contributed by atoms with Gasteiger partial charge in [-0.1, -0.05) is 23.7 Å². The predicted molar refractivity (Wildman–Crippen MR) is 105 cm³/mol. The zero-order chi connectivity index (χ0) is 20.3. The average molecular weight is 406 g/mol. The fourth-order valence-corrected chi connectivity index (χ4v) is 2.84. The SMILES string of the molecule is CCC(CO)Nc1nc(Nc2ccc(C(=O)O)c(Cl)c2)c2nnn(CC)c2n1. The predicted octanol–water partition coefficient (Wildman–Crippen LogP) is 2.52. The number of aliphatic hydroxyl groups is 1. The van der Waals surface area contributed by atoms with E-state index in [1.807, 2.05) is 13.8 Å². The molecule has 10 nitrogen and oxygen atoms in total. The molecular weight excluding hydrogens is 386 g/mol. The first-order valence-electron chi connectivity index (χ1n) is 8.75. The molecule has 2 heterocycles. The van der Waals surface area contributed by atoms with Gasteiger partial charge in [0.15, 0.2) is 17.0 Å². The second-order valence-electron chi connectivity index (χ2n) is 6.03. The summed E-state index contributed by atoms with van der Waals surface area (Å²) < 4.78 is 1.63. The molecule has 0 spiro atoms. The number of carbonyl (C=O) groups is 1. The zero-order valence-electron chi connectivity index (χ0n) is 15.3. The van der Waals surface area contributed by atoms with Gasteiger partial charge in [-0.05, 0) is 31.5 Å². The minimum absolute atomic E-state index is 0.00747. The summed E-state index contributed by atoms with van der Waals surface area (Å²) in [7, 11) is 0. The van der Waals surface area contributed by atoms with Gasteiger partial charge in [0.05, 0.1) is 23.2 Å². The molecule has 0 radical (unpaired) electrons. The molecule has 2 aromatic heterocycles. The van der Waals surface area contributed by atoms with Crippen molar-refractivity contribution < 1.29 is 15.0 Å². The number of carboxylic acids is 1. The van der Waals surface area contributed by atoms with E-state index < -0.39 is 5.97 Å². The molecule has 0 fully saturated rings. The minimum atomic E-state index is -1.10.